The molecule has 0 atom stereocenters. The number of furan rings is 1. The van der Waals surface area contributed by atoms with Crippen molar-refractivity contribution in [2.75, 3.05) is 24.2 Å². The molecule has 0 aliphatic rings. The SMILES string of the molecule is C#CCN(c1cc2oc(-c3ccc(F)cc3)c(C(=O)NC)c2cc1-c1ccccc1)S(C)(=O)=O. The number of halogens is 1. The van der Waals surface area contributed by atoms with Crippen LogP contribution in [-0.2, 0) is 10.0 Å². The minimum atomic E-state index is -3.73. The molecule has 0 unspecified atom stereocenters. The molecule has 0 saturated heterocycles. The first-order chi connectivity index (χ1) is 16.2. The normalized spacial score (nSPS) is 11.2. The van der Waals surface area contributed by atoms with Crippen LogP contribution < -0.4 is 9.62 Å². The number of hydrogen-bond acceptors (Lipinski definition) is 4. The summed E-state index contributed by atoms with van der Waals surface area (Å²) < 4.78 is 45.9. The minimum Gasteiger partial charge on any atom is -0.455 e. The van der Waals surface area contributed by atoms with Crippen molar-refractivity contribution in [3.63, 3.8) is 0 Å². The third-order valence-electron chi connectivity index (χ3n) is 5.36. The topological polar surface area (TPSA) is 79.6 Å². The van der Waals surface area contributed by atoms with Gasteiger partial charge < -0.3 is 9.73 Å². The molecule has 1 amide bonds. The maximum Gasteiger partial charge on any atom is 0.255 e. The molecule has 4 rings (SSSR count). The van der Waals surface area contributed by atoms with Crippen LogP contribution in [-0.4, -0.2) is 34.2 Å². The number of anilines is 1. The first-order valence-electron chi connectivity index (χ1n) is 10.3. The van der Waals surface area contributed by atoms with Gasteiger partial charge in [0.1, 0.15) is 17.2 Å². The van der Waals surface area contributed by atoms with Crippen molar-refractivity contribution in [2.24, 2.45) is 0 Å². The molecule has 1 heterocycles. The zero-order valence-electron chi connectivity index (χ0n) is 18.5. The maximum atomic E-state index is 13.5. The molecule has 0 radical (unpaired) electrons. The summed E-state index contributed by atoms with van der Waals surface area (Å²) >= 11 is 0. The van der Waals surface area contributed by atoms with Gasteiger partial charge in [0, 0.05) is 29.6 Å². The smallest absolute Gasteiger partial charge is 0.255 e. The van der Waals surface area contributed by atoms with Crippen LogP contribution in [0.2, 0.25) is 0 Å². The molecule has 6 nitrogen and oxygen atoms in total. The molecule has 0 saturated carbocycles. The Morgan fingerprint density at radius 1 is 1.09 bits per heavy atom. The summed E-state index contributed by atoms with van der Waals surface area (Å²) in [6.45, 7) is -0.183. The number of sulfonamides is 1. The molecule has 0 aliphatic heterocycles. The molecule has 3 aromatic carbocycles. The zero-order valence-corrected chi connectivity index (χ0v) is 19.3. The van der Waals surface area contributed by atoms with E-state index >= 15 is 0 Å². The minimum absolute atomic E-state index is 0.183. The number of rotatable bonds is 6. The molecule has 1 N–H and O–H groups in total. The number of hydrogen-bond donors (Lipinski definition) is 1. The van der Waals surface area contributed by atoms with E-state index in [0.29, 0.717) is 27.8 Å². The number of benzene rings is 3. The lowest BCUT2D eigenvalue weighted by atomic mass is 9.98. The lowest BCUT2D eigenvalue weighted by molar-refractivity contribution is 0.0964. The first-order valence-corrected chi connectivity index (χ1v) is 12.1. The lowest BCUT2D eigenvalue weighted by Gasteiger charge is -2.23. The van der Waals surface area contributed by atoms with Crippen LogP contribution in [0.15, 0.2) is 71.1 Å². The quantitative estimate of drug-likeness (QED) is 0.411. The van der Waals surface area contributed by atoms with Crippen LogP contribution in [0.5, 0.6) is 0 Å². The highest BCUT2D eigenvalue weighted by molar-refractivity contribution is 7.92. The number of amides is 1. The highest BCUT2D eigenvalue weighted by atomic mass is 32.2. The standard InChI is InChI=1S/C26H21FN2O4S/c1-4-14-29(34(3,31)32)22-16-23-21(15-20(22)17-8-6-5-7-9-17)24(26(30)28-2)25(33-23)18-10-12-19(27)13-11-18/h1,5-13,15-16H,14H2,2-3H3,(H,28,30). The molecule has 0 aliphatic carbocycles. The van der Waals surface area contributed by atoms with Crippen molar-refractivity contribution >= 4 is 32.6 Å². The van der Waals surface area contributed by atoms with E-state index in [2.05, 4.69) is 11.2 Å². The second-order valence-electron chi connectivity index (χ2n) is 7.60. The highest BCUT2D eigenvalue weighted by Crippen LogP contribution is 2.41. The Kier molecular flexibility index (Phi) is 6.14. The molecule has 0 spiro atoms. The van der Waals surface area contributed by atoms with E-state index < -0.39 is 21.7 Å². The van der Waals surface area contributed by atoms with E-state index in [0.717, 1.165) is 16.1 Å². The van der Waals surface area contributed by atoms with E-state index in [1.165, 1.54) is 31.3 Å². The van der Waals surface area contributed by atoms with Gasteiger partial charge in [-0.2, -0.15) is 0 Å². The van der Waals surface area contributed by atoms with Crippen molar-refractivity contribution in [3.05, 3.63) is 78.1 Å². The molecular weight excluding hydrogens is 455 g/mol. The van der Waals surface area contributed by atoms with E-state index in [9.17, 15) is 17.6 Å². The van der Waals surface area contributed by atoms with Gasteiger partial charge >= 0.3 is 0 Å². The Morgan fingerprint density at radius 2 is 1.76 bits per heavy atom. The van der Waals surface area contributed by atoms with Gasteiger partial charge in [-0.3, -0.25) is 9.10 Å². The van der Waals surface area contributed by atoms with Gasteiger partial charge in [0.15, 0.2) is 0 Å². The van der Waals surface area contributed by atoms with E-state index in [-0.39, 0.29) is 17.9 Å². The summed E-state index contributed by atoms with van der Waals surface area (Å²) in [7, 11) is -2.23. The van der Waals surface area contributed by atoms with Gasteiger partial charge in [0.2, 0.25) is 10.0 Å². The monoisotopic (exact) mass is 476 g/mol. The number of fused-ring (bicyclic) bond motifs is 1. The van der Waals surface area contributed by atoms with Gasteiger partial charge in [-0.15, -0.1) is 6.42 Å². The van der Waals surface area contributed by atoms with Crippen LogP contribution in [0.3, 0.4) is 0 Å². The Bertz CT molecular complexity index is 1520. The van der Waals surface area contributed by atoms with E-state index in [1.807, 2.05) is 30.3 Å². The Morgan fingerprint density at radius 3 is 2.35 bits per heavy atom. The highest BCUT2D eigenvalue weighted by Gasteiger charge is 2.27. The summed E-state index contributed by atoms with van der Waals surface area (Å²) in [5.41, 5.74) is 2.67. The number of carbonyl (C=O) groups excluding carboxylic acids is 1. The Labute approximate surface area is 197 Å². The van der Waals surface area contributed by atoms with Gasteiger partial charge in [0.05, 0.1) is 24.1 Å². The van der Waals surface area contributed by atoms with Crippen molar-refractivity contribution < 1.29 is 22.0 Å². The first kappa shape index (κ1) is 23.1. The fraction of sp³-hybridized carbons (Fsp3) is 0.115. The number of terminal acetylenes is 1. The molecule has 1 aromatic heterocycles. The Hall–Kier alpha value is -4.09. The second kappa shape index (κ2) is 9.04. The number of nitrogens with zero attached hydrogens (tertiary/aromatic N) is 1. The second-order valence-corrected chi connectivity index (χ2v) is 9.50. The fourth-order valence-corrected chi connectivity index (χ4v) is 4.62. The molecule has 172 valence electrons. The molecule has 34 heavy (non-hydrogen) atoms. The number of nitrogens with one attached hydrogen (secondary N) is 1. The third kappa shape index (κ3) is 4.26. The fourth-order valence-electron chi connectivity index (χ4n) is 3.81. The van der Waals surface area contributed by atoms with E-state index in [1.54, 1.807) is 12.1 Å². The van der Waals surface area contributed by atoms with Gasteiger partial charge in [-0.1, -0.05) is 36.3 Å². The van der Waals surface area contributed by atoms with Crippen molar-refractivity contribution in [3.8, 4) is 34.8 Å². The molecule has 8 heteroatoms. The maximum absolute atomic E-state index is 13.5. The lowest BCUT2D eigenvalue weighted by Crippen LogP contribution is -2.30. The summed E-state index contributed by atoms with van der Waals surface area (Å²) in [5.74, 6) is 1.82. The van der Waals surface area contributed by atoms with Crippen LogP contribution in [0.25, 0.3) is 33.4 Å². The summed E-state index contributed by atoms with van der Waals surface area (Å²) in [4.78, 5) is 12.9. The zero-order chi connectivity index (χ0) is 24.5. The van der Waals surface area contributed by atoms with Crippen LogP contribution in [0.4, 0.5) is 10.1 Å². The Balaban J connectivity index is 2.10. The van der Waals surface area contributed by atoms with Crippen molar-refractivity contribution in [1.29, 1.82) is 0 Å². The summed E-state index contributed by atoms with van der Waals surface area (Å²) in [6, 6.07) is 18.0. The summed E-state index contributed by atoms with van der Waals surface area (Å²) in [5, 5.41) is 3.10. The van der Waals surface area contributed by atoms with Crippen LogP contribution in [0, 0.1) is 18.2 Å². The average molecular weight is 477 g/mol. The van der Waals surface area contributed by atoms with Gasteiger partial charge in [-0.05, 0) is 35.9 Å². The average Bonchev–Trinajstić information content (AvgIpc) is 3.20. The molecular formula is C26H21FN2O4S. The van der Waals surface area contributed by atoms with Gasteiger partial charge in [0.25, 0.3) is 5.91 Å². The van der Waals surface area contributed by atoms with Crippen LogP contribution in [0.1, 0.15) is 10.4 Å². The largest absolute Gasteiger partial charge is 0.455 e. The van der Waals surface area contributed by atoms with E-state index in [4.69, 9.17) is 10.8 Å². The van der Waals surface area contributed by atoms with Crippen LogP contribution >= 0.6 is 0 Å². The van der Waals surface area contributed by atoms with Crippen molar-refractivity contribution in [1.82, 2.24) is 5.32 Å². The van der Waals surface area contributed by atoms with Crippen molar-refractivity contribution in [2.45, 2.75) is 0 Å². The third-order valence-corrected chi connectivity index (χ3v) is 6.48. The predicted octanol–water partition coefficient (Wildman–Crippen LogP) is 4.66. The molecule has 0 bridgehead atoms. The molecule has 0 fully saturated rings. The predicted molar refractivity (Wildman–Crippen MR) is 131 cm³/mol. The van der Waals surface area contributed by atoms with Gasteiger partial charge in [-0.25, -0.2) is 12.8 Å². The molecule has 4 aromatic rings. The summed E-state index contributed by atoms with van der Waals surface area (Å²) in [6.07, 6.45) is 6.55. The number of carbonyl (C=O) groups is 1.